The molecule has 2 atom stereocenters. The minimum Gasteiger partial charge on any atom is -0.507 e. The third-order valence-corrected chi connectivity index (χ3v) is 9.71. The van der Waals surface area contributed by atoms with Gasteiger partial charge >= 0.3 is 0 Å². The Balaban J connectivity index is 1.30. The van der Waals surface area contributed by atoms with Crippen LogP contribution in [0.2, 0.25) is 0 Å². The fraction of sp³-hybridized carbons (Fsp3) is 0.368. The molecule has 0 saturated carbocycles. The average Bonchev–Trinajstić information content (AvgIpc) is 3.02. The Kier molecular flexibility index (Phi) is 9.05. The van der Waals surface area contributed by atoms with Crippen molar-refractivity contribution >= 4 is 0 Å². The smallest absolute Gasteiger partial charge is 0.124 e. The Hall–Kier alpha value is -3.60. The number of aromatic hydroxyl groups is 2. The van der Waals surface area contributed by atoms with Crippen LogP contribution in [-0.2, 0) is 13.1 Å². The van der Waals surface area contributed by atoms with Gasteiger partial charge in [0.15, 0.2) is 0 Å². The van der Waals surface area contributed by atoms with Gasteiger partial charge in [0.1, 0.15) is 11.5 Å². The number of aryl methyl sites for hydroxylation is 2. The lowest BCUT2D eigenvalue weighted by atomic mass is 9.87. The van der Waals surface area contributed by atoms with Crippen molar-refractivity contribution in [1.82, 2.24) is 9.80 Å². The predicted molar refractivity (Wildman–Crippen MR) is 174 cm³/mol. The highest BCUT2D eigenvalue weighted by atomic mass is 16.3. The lowest BCUT2D eigenvalue weighted by molar-refractivity contribution is 0.120. The van der Waals surface area contributed by atoms with Gasteiger partial charge in [-0.05, 0) is 61.1 Å². The summed E-state index contributed by atoms with van der Waals surface area (Å²) >= 11 is 0. The first kappa shape index (κ1) is 29.9. The van der Waals surface area contributed by atoms with E-state index in [1.807, 2.05) is 12.1 Å². The molecule has 0 spiro atoms. The van der Waals surface area contributed by atoms with Crippen LogP contribution in [0, 0.1) is 27.7 Å². The molecule has 0 unspecified atom stereocenters. The van der Waals surface area contributed by atoms with Gasteiger partial charge in [0, 0.05) is 73.4 Å². The predicted octanol–water partition coefficient (Wildman–Crippen LogP) is 7.95. The molecule has 4 heteroatoms. The highest BCUT2D eigenvalue weighted by Gasteiger charge is 2.25. The number of hydrogen-bond acceptors (Lipinski definition) is 4. The molecule has 0 amide bonds. The number of phenolic OH excluding ortho intramolecular Hbond substituents is 2. The Labute approximate surface area is 252 Å². The van der Waals surface area contributed by atoms with Crippen molar-refractivity contribution < 1.29 is 10.2 Å². The summed E-state index contributed by atoms with van der Waals surface area (Å²) < 4.78 is 0. The van der Waals surface area contributed by atoms with Gasteiger partial charge in [0.25, 0.3) is 0 Å². The molecule has 0 radical (unpaired) electrons. The molecule has 1 aliphatic heterocycles. The fourth-order valence-corrected chi connectivity index (χ4v) is 6.44. The summed E-state index contributed by atoms with van der Waals surface area (Å²) in [5.74, 6) is 1.14. The SMILES string of the molecule is Cc1cc([C@@H](C)c2ccccc2)c(O)c(CN2CCN(Cc3c(C)c(C)cc([C@@H](C)c4ccccc4)c3O)CC2)c1C. The highest BCUT2D eigenvalue weighted by Crippen LogP contribution is 2.39. The van der Waals surface area contributed by atoms with E-state index in [1.54, 1.807) is 0 Å². The van der Waals surface area contributed by atoms with Crippen LogP contribution in [0.15, 0.2) is 72.8 Å². The average molecular weight is 563 g/mol. The summed E-state index contributed by atoms with van der Waals surface area (Å²) in [5, 5.41) is 23.0. The van der Waals surface area contributed by atoms with Crippen LogP contribution in [0.4, 0.5) is 0 Å². The topological polar surface area (TPSA) is 46.9 Å². The summed E-state index contributed by atoms with van der Waals surface area (Å²) in [6.45, 7) is 18.1. The first-order chi connectivity index (χ1) is 20.2. The van der Waals surface area contributed by atoms with Gasteiger partial charge in [-0.3, -0.25) is 9.80 Å². The highest BCUT2D eigenvalue weighted by molar-refractivity contribution is 5.53. The van der Waals surface area contributed by atoms with Gasteiger partial charge in [0.2, 0.25) is 0 Å². The molecule has 1 heterocycles. The standard InChI is InChI=1S/C38H46N2O2/c1-25-21-33(29(5)31-13-9-7-10-14-31)37(41)35(27(25)3)23-39-17-19-40(20-18-39)24-36-28(4)26(2)22-34(38(36)42)30(6)32-15-11-8-12-16-32/h7-16,21-22,29-30,41-42H,17-20,23-24H2,1-6H3/t29-,30-/m0/s1. The number of piperazine rings is 1. The van der Waals surface area contributed by atoms with Crippen molar-refractivity contribution in [3.63, 3.8) is 0 Å². The van der Waals surface area contributed by atoms with Crippen LogP contribution in [0.25, 0.3) is 0 Å². The van der Waals surface area contributed by atoms with Gasteiger partial charge in [-0.1, -0.05) is 86.6 Å². The minimum absolute atomic E-state index is 0.126. The Morgan fingerprint density at radius 3 is 1.24 bits per heavy atom. The van der Waals surface area contributed by atoms with Gasteiger partial charge in [-0.15, -0.1) is 0 Å². The molecule has 0 aromatic heterocycles. The lowest BCUT2D eigenvalue weighted by Gasteiger charge is -2.36. The number of hydrogen-bond donors (Lipinski definition) is 2. The first-order valence-corrected chi connectivity index (χ1v) is 15.3. The van der Waals surface area contributed by atoms with Crippen LogP contribution in [-0.4, -0.2) is 46.2 Å². The summed E-state index contributed by atoms with van der Waals surface area (Å²) in [6.07, 6.45) is 0. The van der Waals surface area contributed by atoms with E-state index < -0.39 is 0 Å². The van der Waals surface area contributed by atoms with Gasteiger partial charge in [-0.25, -0.2) is 0 Å². The molecule has 5 rings (SSSR count). The molecular weight excluding hydrogens is 516 g/mol. The molecule has 2 N–H and O–H groups in total. The van der Waals surface area contributed by atoms with Crippen LogP contribution in [0.3, 0.4) is 0 Å². The molecule has 0 bridgehead atoms. The summed E-state index contributed by atoms with van der Waals surface area (Å²) in [5.41, 5.74) is 11.3. The molecule has 220 valence electrons. The quantitative estimate of drug-likeness (QED) is 0.229. The molecule has 1 fully saturated rings. The minimum atomic E-state index is 0.126. The van der Waals surface area contributed by atoms with E-state index >= 15 is 0 Å². The maximum absolute atomic E-state index is 11.5. The second kappa shape index (κ2) is 12.7. The zero-order chi connectivity index (χ0) is 30.0. The van der Waals surface area contributed by atoms with Crippen molar-refractivity contribution in [1.29, 1.82) is 0 Å². The number of nitrogens with zero attached hydrogens (tertiary/aromatic N) is 2. The zero-order valence-electron chi connectivity index (χ0n) is 26.1. The first-order valence-electron chi connectivity index (χ1n) is 15.3. The third-order valence-electron chi connectivity index (χ3n) is 9.71. The Morgan fingerprint density at radius 1 is 0.571 bits per heavy atom. The molecule has 4 aromatic carbocycles. The van der Waals surface area contributed by atoms with Gasteiger partial charge < -0.3 is 10.2 Å². The largest absolute Gasteiger partial charge is 0.507 e. The zero-order valence-corrected chi connectivity index (χ0v) is 26.1. The summed E-state index contributed by atoms with van der Waals surface area (Å²) in [6, 6.07) is 25.2. The van der Waals surface area contributed by atoms with E-state index in [9.17, 15) is 10.2 Å². The van der Waals surface area contributed by atoms with Crippen molar-refractivity contribution in [2.24, 2.45) is 0 Å². The Morgan fingerprint density at radius 2 is 0.905 bits per heavy atom. The van der Waals surface area contributed by atoms with E-state index in [0.29, 0.717) is 11.5 Å². The fourth-order valence-electron chi connectivity index (χ4n) is 6.44. The van der Waals surface area contributed by atoms with Crippen LogP contribution in [0.1, 0.15) is 81.3 Å². The summed E-state index contributed by atoms with van der Waals surface area (Å²) in [4.78, 5) is 4.92. The monoisotopic (exact) mass is 562 g/mol. The molecule has 1 saturated heterocycles. The normalized spacial score (nSPS) is 16.0. The molecule has 4 nitrogen and oxygen atoms in total. The second-order valence-corrected chi connectivity index (χ2v) is 12.3. The molecular formula is C38H46N2O2. The molecule has 42 heavy (non-hydrogen) atoms. The lowest BCUT2D eigenvalue weighted by Crippen LogP contribution is -2.45. The van der Waals surface area contributed by atoms with E-state index in [0.717, 1.165) is 61.5 Å². The van der Waals surface area contributed by atoms with Gasteiger partial charge in [0.05, 0.1) is 0 Å². The maximum atomic E-state index is 11.5. The number of phenols is 2. The second-order valence-electron chi connectivity index (χ2n) is 12.3. The van der Waals surface area contributed by atoms with E-state index in [2.05, 4.69) is 112 Å². The molecule has 1 aliphatic rings. The van der Waals surface area contributed by atoms with Crippen molar-refractivity contribution in [3.8, 4) is 11.5 Å². The number of rotatable bonds is 8. The van der Waals surface area contributed by atoms with E-state index in [4.69, 9.17) is 0 Å². The summed E-state index contributed by atoms with van der Waals surface area (Å²) in [7, 11) is 0. The van der Waals surface area contributed by atoms with Crippen LogP contribution < -0.4 is 0 Å². The molecule has 4 aromatic rings. The third kappa shape index (κ3) is 6.11. The van der Waals surface area contributed by atoms with Crippen molar-refractivity contribution in [3.05, 3.63) is 128 Å². The maximum Gasteiger partial charge on any atom is 0.124 e. The van der Waals surface area contributed by atoms with Crippen LogP contribution >= 0.6 is 0 Å². The molecule has 0 aliphatic carbocycles. The van der Waals surface area contributed by atoms with Gasteiger partial charge in [-0.2, -0.15) is 0 Å². The Bertz CT molecular complexity index is 1410. The van der Waals surface area contributed by atoms with E-state index in [-0.39, 0.29) is 11.8 Å². The van der Waals surface area contributed by atoms with Crippen molar-refractivity contribution in [2.75, 3.05) is 26.2 Å². The number of benzene rings is 4. The van der Waals surface area contributed by atoms with Crippen LogP contribution in [0.5, 0.6) is 11.5 Å². The van der Waals surface area contributed by atoms with E-state index in [1.165, 1.54) is 33.4 Å². The van der Waals surface area contributed by atoms with Crippen molar-refractivity contribution in [2.45, 2.75) is 66.5 Å².